The maximum atomic E-state index is 13.0. The maximum Gasteiger partial charge on any atom is 0.180 e. The molecule has 3 rings (SSSR count). The highest BCUT2D eigenvalue weighted by Gasteiger charge is 2.30. The van der Waals surface area contributed by atoms with Crippen LogP contribution in [-0.2, 0) is 0 Å². The highest BCUT2D eigenvalue weighted by Crippen LogP contribution is 2.20. The van der Waals surface area contributed by atoms with Gasteiger partial charge in [0, 0.05) is 17.5 Å². The van der Waals surface area contributed by atoms with Crippen LogP contribution in [0.1, 0.15) is 46.4 Å². The largest absolute Gasteiger partial charge is 0.294 e. The Hall–Kier alpha value is -2.26. The molecule has 24 heavy (non-hydrogen) atoms. The smallest absolute Gasteiger partial charge is 0.180 e. The highest BCUT2D eigenvalue weighted by atomic mass is 16.1. The Bertz CT molecular complexity index is 675. The molecule has 0 amide bonds. The quantitative estimate of drug-likeness (QED) is 0.755. The van der Waals surface area contributed by atoms with Crippen LogP contribution >= 0.6 is 0 Å². The lowest BCUT2D eigenvalue weighted by atomic mass is 9.94. The first kappa shape index (κ1) is 16.6. The van der Waals surface area contributed by atoms with Crippen LogP contribution < -0.4 is 0 Å². The van der Waals surface area contributed by atoms with Gasteiger partial charge in [-0.3, -0.25) is 14.5 Å². The second-order valence-corrected chi connectivity index (χ2v) is 6.34. The minimum Gasteiger partial charge on any atom is -0.294 e. The zero-order chi connectivity index (χ0) is 16.8. The minimum absolute atomic E-state index is 0.0375. The lowest BCUT2D eigenvalue weighted by molar-refractivity contribution is 0.0716. The molecule has 1 heterocycles. The molecule has 1 fully saturated rings. The van der Waals surface area contributed by atoms with Crippen molar-refractivity contribution in [2.24, 2.45) is 0 Å². The molecular formula is C21H23NO2. The molecule has 2 aromatic carbocycles. The molecule has 0 spiro atoms. The van der Waals surface area contributed by atoms with Crippen molar-refractivity contribution in [1.29, 1.82) is 0 Å². The summed E-state index contributed by atoms with van der Waals surface area (Å²) in [7, 11) is 0. The molecule has 0 bridgehead atoms. The lowest BCUT2D eigenvalue weighted by Gasteiger charge is -2.33. The first-order valence-corrected chi connectivity index (χ1v) is 8.67. The fourth-order valence-corrected chi connectivity index (χ4v) is 3.33. The van der Waals surface area contributed by atoms with Gasteiger partial charge in [-0.15, -0.1) is 0 Å². The zero-order valence-electron chi connectivity index (χ0n) is 13.9. The summed E-state index contributed by atoms with van der Waals surface area (Å²) in [4.78, 5) is 27.9. The van der Waals surface area contributed by atoms with E-state index in [1.54, 1.807) is 0 Å². The normalized spacial score (nSPS) is 16.5. The number of Topliss-reactive ketones (excluding diaryl/α,β-unsaturated/α-hetero) is 2. The Morgan fingerprint density at radius 3 is 1.92 bits per heavy atom. The number of benzene rings is 2. The first-order chi connectivity index (χ1) is 11.8. The molecule has 3 heteroatoms. The van der Waals surface area contributed by atoms with Crippen LogP contribution in [0.25, 0.3) is 0 Å². The molecule has 1 saturated heterocycles. The standard InChI is InChI=1S/C21H23NO2/c23-20(17-10-4-1-5-11-17)16-19(22-14-8-3-9-15-22)21(24)18-12-6-2-7-13-18/h1-2,4-7,10-13,19H,3,8-9,14-16H2. The average Bonchev–Trinajstić information content (AvgIpc) is 2.67. The number of piperidine rings is 1. The predicted octanol–water partition coefficient (Wildman–Crippen LogP) is 4.00. The van der Waals surface area contributed by atoms with E-state index in [0.717, 1.165) is 25.9 Å². The van der Waals surface area contributed by atoms with Gasteiger partial charge in [-0.25, -0.2) is 0 Å². The van der Waals surface area contributed by atoms with Crippen LogP contribution in [0.4, 0.5) is 0 Å². The van der Waals surface area contributed by atoms with E-state index in [4.69, 9.17) is 0 Å². The van der Waals surface area contributed by atoms with Gasteiger partial charge in [0.1, 0.15) is 0 Å². The van der Waals surface area contributed by atoms with Crippen LogP contribution in [-0.4, -0.2) is 35.6 Å². The maximum absolute atomic E-state index is 13.0. The topological polar surface area (TPSA) is 37.4 Å². The number of carbonyl (C=O) groups excluding carboxylic acids is 2. The molecule has 0 aliphatic carbocycles. The van der Waals surface area contributed by atoms with Crippen LogP contribution in [0.15, 0.2) is 60.7 Å². The number of hydrogen-bond acceptors (Lipinski definition) is 3. The van der Waals surface area contributed by atoms with E-state index < -0.39 is 0 Å². The lowest BCUT2D eigenvalue weighted by Crippen LogP contribution is -2.45. The molecule has 1 aliphatic heterocycles. The molecule has 3 nitrogen and oxygen atoms in total. The van der Waals surface area contributed by atoms with Gasteiger partial charge in [-0.1, -0.05) is 67.1 Å². The van der Waals surface area contributed by atoms with Gasteiger partial charge in [0.05, 0.1) is 6.04 Å². The van der Waals surface area contributed by atoms with Gasteiger partial charge in [0.2, 0.25) is 0 Å². The van der Waals surface area contributed by atoms with Gasteiger partial charge in [0.15, 0.2) is 11.6 Å². The molecule has 1 aliphatic rings. The third-order valence-electron chi connectivity index (χ3n) is 4.67. The van der Waals surface area contributed by atoms with E-state index in [2.05, 4.69) is 4.90 Å². The fourth-order valence-electron chi connectivity index (χ4n) is 3.33. The van der Waals surface area contributed by atoms with Crippen molar-refractivity contribution in [3.8, 4) is 0 Å². The van der Waals surface area contributed by atoms with Gasteiger partial charge >= 0.3 is 0 Å². The third-order valence-corrected chi connectivity index (χ3v) is 4.67. The Morgan fingerprint density at radius 1 is 0.792 bits per heavy atom. The highest BCUT2D eigenvalue weighted by molar-refractivity contribution is 6.05. The second kappa shape index (κ2) is 8.02. The van der Waals surface area contributed by atoms with E-state index in [9.17, 15) is 9.59 Å². The van der Waals surface area contributed by atoms with Crippen molar-refractivity contribution in [3.05, 3.63) is 71.8 Å². The summed E-state index contributed by atoms with van der Waals surface area (Å²) in [5.41, 5.74) is 1.37. The fraction of sp³-hybridized carbons (Fsp3) is 0.333. The molecule has 1 atom stereocenters. The second-order valence-electron chi connectivity index (χ2n) is 6.34. The number of hydrogen-bond donors (Lipinski definition) is 0. The van der Waals surface area contributed by atoms with Crippen molar-refractivity contribution >= 4 is 11.6 Å². The summed E-state index contributed by atoms with van der Waals surface area (Å²) in [6.07, 6.45) is 3.64. The van der Waals surface area contributed by atoms with Gasteiger partial charge in [-0.2, -0.15) is 0 Å². The number of likely N-dealkylation sites (tertiary alicyclic amines) is 1. The monoisotopic (exact) mass is 321 g/mol. The summed E-state index contributed by atoms with van der Waals surface area (Å²) >= 11 is 0. The predicted molar refractivity (Wildman–Crippen MR) is 95.4 cm³/mol. The minimum atomic E-state index is -0.361. The van der Waals surface area contributed by atoms with Crippen molar-refractivity contribution in [3.63, 3.8) is 0 Å². The molecule has 0 radical (unpaired) electrons. The molecule has 0 N–H and O–H groups in total. The molecule has 0 saturated carbocycles. The average molecular weight is 321 g/mol. The van der Waals surface area contributed by atoms with E-state index in [0.29, 0.717) is 11.1 Å². The molecule has 0 aromatic heterocycles. The molecular weight excluding hydrogens is 298 g/mol. The Kier molecular flexibility index (Phi) is 5.55. The van der Waals surface area contributed by atoms with Crippen LogP contribution in [0, 0.1) is 0 Å². The molecule has 124 valence electrons. The van der Waals surface area contributed by atoms with E-state index >= 15 is 0 Å². The van der Waals surface area contributed by atoms with E-state index in [1.807, 2.05) is 60.7 Å². The summed E-state index contributed by atoms with van der Waals surface area (Å²) in [5, 5.41) is 0. The summed E-state index contributed by atoms with van der Waals surface area (Å²) in [6.45, 7) is 1.79. The van der Waals surface area contributed by atoms with Crippen LogP contribution in [0.2, 0.25) is 0 Å². The van der Waals surface area contributed by atoms with Crippen LogP contribution in [0.3, 0.4) is 0 Å². The van der Waals surface area contributed by atoms with Crippen molar-refractivity contribution < 1.29 is 9.59 Å². The Labute approximate surface area is 143 Å². The number of rotatable bonds is 6. The third kappa shape index (κ3) is 3.98. The summed E-state index contributed by atoms with van der Waals surface area (Å²) in [6, 6.07) is 18.2. The van der Waals surface area contributed by atoms with E-state index in [1.165, 1.54) is 6.42 Å². The molecule has 1 unspecified atom stereocenters. The van der Waals surface area contributed by atoms with Gasteiger partial charge in [0.25, 0.3) is 0 Å². The Balaban J connectivity index is 1.82. The van der Waals surface area contributed by atoms with Gasteiger partial charge < -0.3 is 0 Å². The van der Waals surface area contributed by atoms with Crippen molar-refractivity contribution in [2.75, 3.05) is 13.1 Å². The summed E-state index contributed by atoms with van der Waals surface area (Å²) < 4.78 is 0. The van der Waals surface area contributed by atoms with E-state index in [-0.39, 0.29) is 24.0 Å². The van der Waals surface area contributed by atoms with Gasteiger partial charge in [-0.05, 0) is 25.9 Å². The summed E-state index contributed by atoms with van der Waals surface area (Å²) in [5.74, 6) is 0.0947. The Morgan fingerprint density at radius 2 is 1.33 bits per heavy atom. The first-order valence-electron chi connectivity index (χ1n) is 8.67. The number of ketones is 2. The SMILES string of the molecule is O=C(CC(C(=O)c1ccccc1)N1CCCCC1)c1ccccc1. The van der Waals surface area contributed by atoms with Crippen LogP contribution in [0.5, 0.6) is 0 Å². The number of nitrogens with zero attached hydrogens (tertiary/aromatic N) is 1. The number of carbonyl (C=O) groups is 2. The van der Waals surface area contributed by atoms with Crippen molar-refractivity contribution in [2.45, 2.75) is 31.7 Å². The zero-order valence-corrected chi connectivity index (χ0v) is 13.9. The van der Waals surface area contributed by atoms with Crippen molar-refractivity contribution in [1.82, 2.24) is 4.90 Å². The molecule has 2 aromatic rings.